The molecule has 0 aliphatic carbocycles. The van der Waals surface area contributed by atoms with Crippen molar-refractivity contribution in [1.82, 2.24) is 0 Å². The van der Waals surface area contributed by atoms with Crippen molar-refractivity contribution < 1.29 is 19.7 Å². The van der Waals surface area contributed by atoms with Crippen LogP contribution in [0.3, 0.4) is 0 Å². The van der Waals surface area contributed by atoms with E-state index in [0.29, 0.717) is 12.2 Å². The van der Waals surface area contributed by atoms with Crippen molar-refractivity contribution in [3.05, 3.63) is 23.8 Å². The molecule has 0 saturated carbocycles. The number of phenolic OH excluding ortho intramolecular Hbond substituents is 1. The molecule has 0 unspecified atom stereocenters. The standard InChI is InChI=1S/C10H12O4/c1-14-9-6-7(2-4-8(9)11)3-5-10(12)13/h2,4,6,11H,3,5H2,1H3,(H,12,13)/p-1. The molecular formula is C10H11O4-. The van der Waals surface area contributed by atoms with E-state index in [4.69, 9.17) is 4.74 Å². The molecule has 1 aromatic carbocycles. The summed E-state index contributed by atoms with van der Waals surface area (Å²) in [6.45, 7) is 0. The highest BCUT2D eigenvalue weighted by atomic mass is 16.5. The number of hydrogen-bond acceptors (Lipinski definition) is 4. The maximum atomic E-state index is 10.2. The predicted octanol–water partition coefficient (Wildman–Crippen LogP) is 0.0833. The maximum Gasteiger partial charge on any atom is 0.160 e. The highest BCUT2D eigenvalue weighted by molar-refractivity contribution is 5.64. The van der Waals surface area contributed by atoms with Gasteiger partial charge in [0.1, 0.15) is 0 Å². The van der Waals surface area contributed by atoms with Crippen LogP contribution in [-0.2, 0) is 11.2 Å². The number of phenols is 1. The van der Waals surface area contributed by atoms with Crippen LogP contribution in [0.25, 0.3) is 0 Å². The predicted molar refractivity (Wildman–Crippen MR) is 48.0 cm³/mol. The van der Waals surface area contributed by atoms with Gasteiger partial charge in [-0.3, -0.25) is 0 Å². The minimum Gasteiger partial charge on any atom is -0.550 e. The molecule has 4 nitrogen and oxygen atoms in total. The lowest BCUT2D eigenvalue weighted by Crippen LogP contribution is -2.22. The zero-order chi connectivity index (χ0) is 10.6. The molecular weight excluding hydrogens is 184 g/mol. The summed E-state index contributed by atoms with van der Waals surface area (Å²) in [4.78, 5) is 10.2. The number of aliphatic carboxylic acids is 1. The van der Waals surface area contributed by atoms with E-state index in [9.17, 15) is 15.0 Å². The fraction of sp³-hybridized carbons (Fsp3) is 0.300. The minimum absolute atomic E-state index is 0.0338. The molecule has 4 heteroatoms. The number of rotatable bonds is 4. The fourth-order valence-corrected chi connectivity index (χ4v) is 1.12. The molecule has 0 heterocycles. The highest BCUT2D eigenvalue weighted by Gasteiger charge is 2.02. The van der Waals surface area contributed by atoms with E-state index < -0.39 is 5.97 Å². The fourth-order valence-electron chi connectivity index (χ4n) is 1.12. The van der Waals surface area contributed by atoms with Gasteiger partial charge in [-0.2, -0.15) is 0 Å². The summed E-state index contributed by atoms with van der Waals surface area (Å²) in [5.41, 5.74) is 0.795. The second kappa shape index (κ2) is 4.50. The number of aryl methyl sites for hydroxylation is 1. The van der Waals surface area contributed by atoms with Gasteiger partial charge in [-0.15, -0.1) is 0 Å². The van der Waals surface area contributed by atoms with Crippen molar-refractivity contribution in [2.45, 2.75) is 12.8 Å². The third-order valence-electron chi connectivity index (χ3n) is 1.86. The Morgan fingerprint density at radius 3 is 2.86 bits per heavy atom. The Labute approximate surface area is 81.8 Å². The first-order chi connectivity index (χ1) is 6.63. The number of benzene rings is 1. The normalized spacial score (nSPS) is 9.79. The van der Waals surface area contributed by atoms with Crippen LogP contribution in [0, 0.1) is 0 Å². The summed E-state index contributed by atoms with van der Waals surface area (Å²) in [6.07, 6.45) is 0.340. The second-order valence-corrected chi connectivity index (χ2v) is 2.88. The van der Waals surface area contributed by atoms with E-state index in [1.54, 1.807) is 12.1 Å². The summed E-state index contributed by atoms with van der Waals surface area (Å²) in [5.74, 6) is -0.692. The molecule has 14 heavy (non-hydrogen) atoms. The molecule has 76 valence electrons. The largest absolute Gasteiger partial charge is 0.550 e. The molecule has 1 aromatic rings. The van der Waals surface area contributed by atoms with Crippen molar-refractivity contribution in [2.24, 2.45) is 0 Å². The number of carboxylic acid groups (broad SMARTS) is 1. The first-order valence-electron chi connectivity index (χ1n) is 4.19. The first kappa shape index (κ1) is 10.4. The lowest BCUT2D eigenvalue weighted by molar-refractivity contribution is -0.305. The van der Waals surface area contributed by atoms with Crippen LogP contribution in [0.1, 0.15) is 12.0 Å². The summed E-state index contributed by atoms with van der Waals surface area (Å²) < 4.78 is 4.88. The number of ether oxygens (including phenoxy) is 1. The minimum atomic E-state index is -1.09. The van der Waals surface area contributed by atoms with Gasteiger partial charge in [-0.1, -0.05) is 6.07 Å². The van der Waals surface area contributed by atoms with Crippen molar-refractivity contribution in [3.63, 3.8) is 0 Å². The van der Waals surface area contributed by atoms with Gasteiger partial charge >= 0.3 is 0 Å². The van der Waals surface area contributed by atoms with Gasteiger partial charge in [0.2, 0.25) is 0 Å². The van der Waals surface area contributed by atoms with E-state index in [0.717, 1.165) is 5.56 Å². The van der Waals surface area contributed by atoms with Crippen molar-refractivity contribution in [2.75, 3.05) is 7.11 Å². The molecule has 0 bridgehead atoms. The SMILES string of the molecule is COc1cc(CCC(=O)[O-])ccc1O. The molecule has 0 fully saturated rings. The molecule has 0 aromatic heterocycles. The van der Waals surface area contributed by atoms with Gasteiger partial charge in [-0.05, 0) is 30.5 Å². The van der Waals surface area contributed by atoms with E-state index in [1.807, 2.05) is 0 Å². The monoisotopic (exact) mass is 195 g/mol. The van der Waals surface area contributed by atoms with Crippen LogP contribution < -0.4 is 9.84 Å². The molecule has 0 spiro atoms. The highest BCUT2D eigenvalue weighted by Crippen LogP contribution is 2.26. The number of methoxy groups -OCH3 is 1. The van der Waals surface area contributed by atoms with Gasteiger partial charge in [0.15, 0.2) is 11.5 Å². The van der Waals surface area contributed by atoms with E-state index in [-0.39, 0.29) is 12.2 Å². The van der Waals surface area contributed by atoms with Crippen LogP contribution >= 0.6 is 0 Å². The van der Waals surface area contributed by atoms with Crippen LogP contribution in [0.5, 0.6) is 11.5 Å². The number of aromatic hydroxyl groups is 1. The average molecular weight is 195 g/mol. The van der Waals surface area contributed by atoms with Crippen LogP contribution in [-0.4, -0.2) is 18.2 Å². The van der Waals surface area contributed by atoms with Gasteiger partial charge in [0.05, 0.1) is 7.11 Å². The topological polar surface area (TPSA) is 69.6 Å². The number of carbonyl (C=O) groups excluding carboxylic acids is 1. The van der Waals surface area contributed by atoms with Crippen LogP contribution in [0.4, 0.5) is 0 Å². The summed E-state index contributed by atoms with van der Waals surface area (Å²) >= 11 is 0. The average Bonchev–Trinajstić information content (AvgIpc) is 2.16. The van der Waals surface area contributed by atoms with E-state index in [1.165, 1.54) is 13.2 Å². The van der Waals surface area contributed by atoms with Crippen LogP contribution in [0.2, 0.25) is 0 Å². The van der Waals surface area contributed by atoms with Crippen molar-refractivity contribution in [1.29, 1.82) is 0 Å². The Balaban J connectivity index is 2.74. The van der Waals surface area contributed by atoms with Gasteiger partial charge in [0.25, 0.3) is 0 Å². The van der Waals surface area contributed by atoms with Gasteiger partial charge in [0, 0.05) is 5.97 Å². The summed E-state index contributed by atoms with van der Waals surface area (Å²) in [6, 6.07) is 4.74. The Morgan fingerprint density at radius 1 is 1.57 bits per heavy atom. The van der Waals surface area contributed by atoms with Gasteiger partial charge in [-0.25, -0.2) is 0 Å². The second-order valence-electron chi connectivity index (χ2n) is 2.88. The molecule has 0 aliphatic heterocycles. The Morgan fingerprint density at radius 2 is 2.29 bits per heavy atom. The van der Waals surface area contributed by atoms with Crippen molar-refractivity contribution >= 4 is 5.97 Å². The zero-order valence-corrected chi connectivity index (χ0v) is 7.82. The van der Waals surface area contributed by atoms with Crippen LogP contribution in [0.15, 0.2) is 18.2 Å². The maximum absolute atomic E-state index is 10.2. The Kier molecular flexibility index (Phi) is 3.34. The van der Waals surface area contributed by atoms with E-state index >= 15 is 0 Å². The quantitative estimate of drug-likeness (QED) is 0.738. The number of carbonyl (C=O) groups is 1. The molecule has 0 aliphatic rings. The Bertz CT molecular complexity index is 333. The number of hydrogen-bond donors (Lipinski definition) is 1. The lowest BCUT2D eigenvalue weighted by Gasteiger charge is -2.06. The molecule has 1 rings (SSSR count). The molecule has 0 atom stereocenters. The summed E-state index contributed by atoms with van der Waals surface area (Å²) in [7, 11) is 1.44. The first-order valence-corrected chi connectivity index (χ1v) is 4.19. The molecule has 0 saturated heterocycles. The zero-order valence-electron chi connectivity index (χ0n) is 7.82. The summed E-state index contributed by atoms with van der Waals surface area (Å²) in [5, 5.41) is 19.5. The Hall–Kier alpha value is -1.71. The molecule has 0 amide bonds. The van der Waals surface area contributed by atoms with Crippen molar-refractivity contribution in [3.8, 4) is 11.5 Å². The van der Waals surface area contributed by atoms with Gasteiger partial charge < -0.3 is 19.7 Å². The third-order valence-corrected chi connectivity index (χ3v) is 1.86. The smallest absolute Gasteiger partial charge is 0.160 e. The number of carboxylic acids is 1. The third kappa shape index (κ3) is 2.65. The molecule has 1 N–H and O–H groups in total. The molecule has 0 radical (unpaired) electrons. The lowest BCUT2D eigenvalue weighted by atomic mass is 10.1. The van der Waals surface area contributed by atoms with E-state index in [2.05, 4.69) is 0 Å².